The van der Waals surface area contributed by atoms with Crippen LogP contribution in [-0.4, -0.2) is 26.1 Å². The van der Waals surface area contributed by atoms with Crippen LogP contribution in [0.3, 0.4) is 0 Å². The van der Waals surface area contributed by atoms with Gasteiger partial charge in [0.1, 0.15) is 11.5 Å². The first-order valence-corrected chi connectivity index (χ1v) is 5.44. The molecule has 0 aliphatic carbocycles. The number of hydrogen-bond acceptors (Lipinski definition) is 3. The highest BCUT2D eigenvalue weighted by Crippen LogP contribution is 2.19. The number of carboxylic acids is 1. The highest BCUT2D eigenvalue weighted by Gasteiger charge is 2.13. The van der Waals surface area contributed by atoms with Gasteiger partial charge in [0.25, 0.3) is 0 Å². The molecule has 0 aliphatic heterocycles. The van der Waals surface area contributed by atoms with Crippen molar-refractivity contribution in [1.82, 2.24) is 15.0 Å². The van der Waals surface area contributed by atoms with E-state index in [9.17, 15) is 9.18 Å². The molecule has 0 bridgehead atoms. The summed E-state index contributed by atoms with van der Waals surface area (Å²) in [7, 11) is 0. The lowest BCUT2D eigenvalue weighted by atomic mass is 10.2. The van der Waals surface area contributed by atoms with Crippen molar-refractivity contribution in [2.75, 3.05) is 0 Å². The first-order valence-electron chi connectivity index (χ1n) is 4.64. The molecule has 5 nitrogen and oxygen atoms in total. The summed E-state index contributed by atoms with van der Waals surface area (Å²) in [5, 5.41) is 16.0. The van der Waals surface area contributed by atoms with E-state index in [1.165, 1.54) is 23.0 Å². The SMILES string of the molecule is O=C(O)Cc1cnnn1-c1ccc(Br)cc1F. The lowest BCUT2D eigenvalue weighted by Gasteiger charge is -2.05. The summed E-state index contributed by atoms with van der Waals surface area (Å²) in [6.07, 6.45) is 1.04. The van der Waals surface area contributed by atoms with Gasteiger partial charge in [0.2, 0.25) is 0 Å². The summed E-state index contributed by atoms with van der Waals surface area (Å²) in [5.74, 6) is -1.53. The van der Waals surface area contributed by atoms with Crippen molar-refractivity contribution in [3.63, 3.8) is 0 Å². The number of carbonyl (C=O) groups is 1. The number of nitrogens with zero attached hydrogens (tertiary/aromatic N) is 3. The molecule has 1 heterocycles. The molecule has 0 unspecified atom stereocenters. The molecule has 0 saturated heterocycles. The molecule has 1 N–H and O–H groups in total. The molecule has 0 saturated carbocycles. The normalized spacial score (nSPS) is 10.5. The molecule has 1 aromatic carbocycles. The number of aromatic nitrogens is 3. The molecule has 17 heavy (non-hydrogen) atoms. The third-order valence-electron chi connectivity index (χ3n) is 2.09. The van der Waals surface area contributed by atoms with Crippen LogP contribution < -0.4 is 0 Å². The fourth-order valence-corrected chi connectivity index (χ4v) is 1.72. The molecule has 0 fully saturated rings. The van der Waals surface area contributed by atoms with E-state index in [0.29, 0.717) is 10.2 Å². The molecule has 0 aliphatic rings. The third kappa shape index (κ3) is 2.50. The Morgan fingerprint density at radius 2 is 2.29 bits per heavy atom. The quantitative estimate of drug-likeness (QED) is 0.938. The summed E-state index contributed by atoms with van der Waals surface area (Å²) in [5.41, 5.74) is 0.487. The Labute approximate surface area is 104 Å². The minimum absolute atomic E-state index is 0.168. The van der Waals surface area contributed by atoms with Crippen LogP contribution in [0.2, 0.25) is 0 Å². The zero-order valence-corrected chi connectivity index (χ0v) is 10.1. The van der Waals surface area contributed by atoms with Crippen molar-refractivity contribution in [2.24, 2.45) is 0 Å². The maximum atomic E-state index is 13.7. The van der Waals surface area contributed by atoms with Crippen LogP contribution in [0.25, 0.3) is 5.69 Å². The largest absolute Gasteiger partial charge is 0.481 e. The lowest BCUT2D eigenvalue weighted by molar-refractivity contribution is -0.136. The van der Waals surface area contributed by atoms with Crippen LogP contribution in [0.5, 0.6) is 0 Å². The van der Waals surface area contributed by atoms with Gasteiger partial charge in [-0.15, -0.1) is 5.10 Å². The first-order chi connectivity index (χ1) is 8.08. The van der Waals surface area contributed by atoms with Gasteiger partial charge < -0.3 is 5.11 Å². The van der Waals surface area contributed by atoms with Gasteiger partial charge >= 0.3 is 5.97 Å². The molecular weight excluding hydrogens is 293 g/mol. The summed E-state index contributed by atoms with van der Waals surface area (Å²) in [4.78, 5) is 10.6. The predicted octanol–water partition coefficient (Wildman–Crippen LogP) is 1.80. The van der Waals surface area contributed by atoms with Crippen molar-refractivity contribution in [1.29, 1.82) is 0 Å². The van der Waals surface area contributed by atoms with Crippen LogP contribution in [0.15, 0.2) is 28.9 Å². The minimum atomic E-state index is -1.02. The van der Waals surface area contributed by atoms with Crippen molar-refractivity contribution in [3.8, 4) is 5.69 Å². The fraction of sp³-hybridized carbons (Fsp3) is 0.100. The standard InChI is InChI=1S/C10H7BrFN3O2/c11-6-1-2-9(8(12)3-6)15-7(4-10(16)17)5-13-14-15/h1-3,5H,4H2,(H,16,17). The lowest BCUT2D eigenvalue weighted by Crippen LogP contribution is -2.09. The molecule has 0 amide bonds. The summed E-state index contributed by atoms with van der Waals surface area (Å²) in [6.45, 7) is 0. The van der Waals surface area contributed by atoms with Gasteiger partial charge in [-0.3, -0.25) is 4.79 Å². The maximum Gasteiger partial charge on any atom is 0.309 e. The topological polar surface area (TPSA) is 68.0 Å². The van der Waals surface area contributed by atoms with E-state index in [1.54, 1.807) is 6.07 Å². The molecule has 7 heteroatoms. The van der Waals surface area contributed by atoms with Crippen molar-refractivity contribution in [2.45, 2.75) is 6.42 Å². The zero-order chi connectivity index (χ0) is 12.4. The Kier molecular flexibility index (Phi) is 3.19. The average molecular weight is 300 g/mol. The number of hydrogen-bond donors (Lipinski definition) is 1. The predicted molar refractivity (Wildman–Crippen MR) is 60.4 cm³/mol. The first kappa shape index (κ1) is 11.7. The van der Waals surface area contributed by atoms with Crippen LogP contribution in [0.4, 0.5) is 4.39 Å². The summed E-state index contributed by atoms with van der Waals surface area (Å²) < 4.78 is 15.4. The van der Waals surface area contributed by atoms with Crippen LogP contribution in [0.1, 0.15) is 5.69 Å². The van der Waals surface area contributed by atoms with E-state index in [-0.39, 0.29) is 12.1 Å². The van der Waals surface area contributed by atoms with Crippen LogP contribution in [-0.2, 0) is 11.2 Å². The van der Waals surface area contributed by atoms with Crippen LogP contribution in [0, 0.1) is 5.82 Å². The van der Waals surface area contributed by atoms with Gasteiger partial charge in [0, 0.05) is 4.47 Å². The smallest absolute Gasteiger partial charge is 0.309 e. The second-order valence-corrected chi connectivity index (χ2v) is 4.22. The Morgan fingerprint density at radius 1 is 1.53 bits per heavy atom. The zero-order valence-electron chi connectivity index (χ0n) is 8.47. The summed E-state index contributed by atoms with van der Waals surface area (Å²) in [6, 6.07) is 4.42. The second-order valence-electron chi connectivity index (χ2n) is 3.30. The number of rotatable bonds is 3. The number of halogens is 2. The van der Waals surface area contributed by atoms with E-state index < -0.39 is 11.8 Å². The molecule has 0 spiro atoms. The van der Waals surface area contributed by atoms with E-state index in [1.807, 2.05) is 0 Å². The van der Waals surface area contributed by atoms with Gasteiger partial charge in [0.15, 0.2) is 0 Å². The molecular formula is C10H7BrFN3O2. The van der Waals surface area contributed by atoms with Crippen molar-refractivity contribution < 1.29 is 14.3 Å². The molecule has 2 rings (SSSR count). The van der Waals surface area contributed by atoms with Crippen molar-refractivity contribution >= 4 is 21.9 Å². The minimum Gasteiger partial charge on any atom is -0.481 e. The monoisotopic (exact) mass is 299 g/mol. The van der Waals surface area contributed by atoms with E-state index in [0.717, 1.165) is 0 Å². The van der Waals surface area contributed by atoms with Gasteiger partial charge in [0.05, 0.1) is 18.3 Å². The van der Waals surface area contributed by atoms with Crippen LogP contribution >= 0.6 is 15.9 Å². The highest BCUT2D eigenvalue weighted by molar-refractivity contribution is 9.10. The molecule has 0 radical (unpaired) electrons. The van der Waals surface area contributed by atoms with Gasteiger partial charge in [-0.2, -0.15) is 0 Å². The van der Waals surface area contributed by atoms with Gasteiger partial charge in [-0.25, -0.2) is 9.07 Å². The fourth-order valence-electron chi connectivity index (χ4n) is 1.39. The maximum absolute atomic E-state index is 13.7. The van der Waals surface area contributed by atoms with E-state index in [2.05, 4.69) is 26.2 Å². The van der Waals surface area contributed by atoms with E-state index >= 15 is 0 Å². The molecule has 1 aromatic heterocycles. The Hall–Kier alpha value is -1.76. The Bertz CT molecular complexity index is 570. The molecule has 88 valence electrons. The molecule has 0 atom stereocenters. The summed E-state index contributed by atoms with van der Waals surface area (Å²) >= 11 is 3.14. The van der Waals surface area contributed by atoms with Gasteiger partial charge in [-0.1, -0.05) is 21.1 Å². The third-order valence-corrected chi connectivity index (χ3v) is 2.58. The highest BCUT2D eigenvalue weighted by atomic mass is 79.9. The number of benzene rings is 1. The second kappa shape index (κ2) is 4.62. The van der Waals surface area contributed by atoms with Gasteiger partial charge in [-0.05, 0) is 18.2 Å². The number of aliphatic carboxylic acids is 1. The number of carboxylic acid groups (broad SMARTS) is 1. The van der Waals surface area contributed by atoms with Crippen molar-refractivity contribution in [3.05, 3.63) is 40.4 Å². The Balaban J connectivity index is 2.46. The van der Waals surface area contributed by atoms with E-state index in [4.69, 9.17) is 5.11 Å². The average Bonchev–Trinajstić information content (AvgIpc) is 2.65. The Morgan fingerprint density at radius 3 is 2.94 bits per heavy atom. The molecule has 2 aromatic rings.